The van der Waals surface area contributed by atoms with E-state index in [9.17, 15) is 24.0 Å². The Bertz CT molecular complexity index is 1130. The number of rotatable bonds is 9. The van der Waals surface area contributed by atoms with E-state index >= 15 is 0 Å². The van der Waals surface area contributed by atoms with Crippen LogP contribution in [0.1, 0.15) is 64.2 Å². The number of ketones is 1. The fraction of sp³-hybridized carbons (Fsp3) is 0.292. The first-order valence-electron chi connectivity index (χ1n) is 10.6. The minimum Gasteiger partial charge on any atom is -0.343 e. The molecule has 3 amide bonds. The normalized spacial score (nSPS) is 13.6. The van der Waals surface area contributed by atoms with Gasteiger partial charge >= 0.3 is 5.97 Å². The molecule has 3 rings (SSSR count). The summed E-state index contributed by atoms with van der Waals surface area (Å²) in [7, 11) is 0. The largest absolute Gasteiger partial charge is 0.355 e. The number of carbonyl (C=O) groups is 5. The Morgan fingerprint density at radius 1 is 0.971 bits per heavy atom. The van der Waals surface area contributed by atoms with E-state index in [0.717, 1.165) is 0 Å². The van der Waals surface area contributed by atoms with E-state index in [4.69, 9.17) is 28.0 Å². The van der Waals surface area contributed by atoms with Crippen LogP contribution >= 0.6 is 23.2 Å². The van der Waals surface area contributed by atoms with Gasteiger partial charge in [0.1, 0.15) is 6.04 Å². The minimum atomic E-state index is -1.12. The van der Waals surface area contributed by atoms with Crippen molar-refractivity contribution in [1.29, 1.82) is 0 Å². The van der Waals surface area contributed by atoms with Gasteiger partial charge in [-0.2, -0.15) is 0 Å². The third-order valence-electron chi connectivity index (χ3n) is 5.07. The van der Waals surface area contributed by atoms with Crippen molar-refractivity contribution in [3.8, 4) is 0 Å². The first-order chi connectivity index (χ1) is 16.1. The highest BCUT2D eigenvalue weighted by atomic mass is 35.5. The lowest BCUT2D eigenvalue weighted by Gasteiger charge is -2.21. The average molecular weight is 505 g/mol. The molecule has 0 radical (unpaired) electrons. The summed E-state index contributed by atoms with van der Waals surface area (Å²) in [6, 6.07) is 9.44. The van der Waals surface area contributed by atoms with Gasteiger partial charge in [-0.15, -0.1) is 0 Å². The van der Waals surface area contributed by atoms with Crippen LogP contribution in [0.15, 0.2) is 42.5 Å². The molecule has 0 saturated carbocycles. The Hall–Kier alpha value is -3.23. The van der Waals surface area contributed by atoms with Crippen LogP contribution in [-0.4, -0.2) is 40.6 Å². The maximum atomic E-state index is 12.8. The van der Waals surface area contributed by atoms with Gasteiger partial charge in [0.05, 0.1) is 16.1 Å². The van der Waals surface area contributed by atoms with Crippen LogP contribution < -0.4 is 5.32 Å². The number of carbonyl (C=O) groups excluding carboxylic acids is 5. The maximum absolute atomic E-state index is 12.8. The van der Waals surface area contributed by atoms with Crippen LogP contribution in [0.3, 0.4) is 0 Å². The summed E-state index contributed by atoms with van der Waals surface area (Å²) in [4.78, 5) is 67.7. The van der Waals surface area contributed by atoms with Gasteiger partial charge in [0.15, 0.2) is 5.78 Å². The monoisotopic (exact) mass is 504 g/mol. The molecular formula is C24H22Cl2N2O6. The molecule has 1 atom stereocenters. The van der Waals surface area contributed by atoms with Crippen molar-refractivity contribution in [2.24, 2.45) is 5.92 Å². The number of fused-ring (bicyclic) bond motifs is 1. The van der Waals surface area contributed by atoms with Gasteiger partial charge in [-0.25, -0.2) is 4.79 Å². The predicted molar refractivity (Wildman–Crippen MR) is 124 cm³/mol. The van der Waals surface area contributed by atoms with Gasteiger partial charge in [0.25, 0.3) is 11.8 Å². The summed E-state index contributed by atoms with van der Waals surface area (Å²) in [5.41, 5.74) is 0.455. The lowest BCUT2D eigenvalue weighted by molar-refractivity contribution is -0.172. The Kier molecular flexibility index (Phi) is 8.06. The molecular weight excluding hydrogens is 483 g/mol. The van der Waals surface area contributed by atoms with Crippen molar-refractivity contribution in [2.45, 2.75) is 39.2 Å². The van der Waals surface area contributed by atoms with Crippen molar-refractivity contribution in [1.82, 2.24) is 10.4 Å². The zero-order valence-electron chi connectivity index (χ0n) is 18.5. The van der Waals surface area contributed by atoms with Crippen molar-refractivity contribution in [2.75, 3.05) is 0 Å². The van der Waals surface area contributed by atoms with E-state index < -0.39 is 29.7 Å². The molecule has 178 valence electrons. The van der Waals surface area contributed by atoms with Gasteiger partial charge in [-0.3, -0.25) is 19.2 Å². The molecule has 0 spiro atoms. The van der Waals surface area contributed by atoms with E-state index in [2.05, 4.69) is 5.32 Å². The molecule has 0 aromatic heterocycles. The van der Waals surface area contributed by atoms with Gasteiger partial charge < -0.3 is 10.2 Å². The molecule has 1 N–H and O–H groups in total. The molecule has 0 fully saturated rings. The fourth-order valence-electron chi connectivity index (χ4n) is 3.43. The summed E-state index contributed by atoms with van der Waals surface area (Å²) in [5, 5.41) is 3.49. The van der Waals surface area contributed by atoms with Crippen LogP contribution in [-0.2, 0) is 14.4 Å². The maximum Gasteiger partial charge on any atom is 0.355 e. The Morgan fingerprint density at radius 2 is 1.59 bits per heavy atom. The van der Waals surface area contributed by atoms with Crippen LogP contribution in [0, 0.1) is 5.92 Å². The summed E-state index contributed by atoms with van der Waals surface area (Å²) in [6.45, 7) is 3.66. The van der Waals surface area contributed by atoms with Crippen LogP contribution in [0.25, 0.3) is 0 Å². The fourth-order valence-corrected chi connectivity index (χ4v) is 3.82. The molecule has 1 aliphatic heterocycles. The number of amides is 3. The summed E-state index contributed by atoms with van der Waals surface area (Å²) < 4.78 is 0. The Morgan fingerprint density at radius 3 is 2.18 bits per heavy atom. The molecule has 10 heteroatoms. The summed E-state index contributed by atoms with van der Waals surface area (Å²) in [6.07, 6.45) is -0.174. The average Bonchev–Trinajstić information content (AvgIpc) is 3.03. The second-order valence-electron chi connectivity index (χ2n) is 8.16. The van der Waals surface area contributed by atoms with E-state index in [1.165, 1.54) is 24.3 Å². The van der Waals surface area contributed by atoms with E-state index in [0.29, 0.717) is 10.1 Å². The number of Topliss-reactive ketones (excluding diaryl/α,β-unsaturated/α-hetero) is 1. The number of hydroxylamine groups is 2. The van der Waals surface area contributed by atoms with Crippen molar-refractivity contribution in [3.05, 3.63) is 69.2 Å². The van der Waals surface area contributed by atoms with Crippen molar-refractivity contribution >= 4 is 52.7 Å². The standard InChI is InChI=1S/C24H22Cl2N2O6/c1-13(2)11-19(24(33)34-28-22(31)15-5-3-4-6-16(15)23(28)32)27-21(30)10-9-20(29)17-12-14(25)7-8-18(17)26/h3-8,12-13,19H,9-11H2,1-2H3,(H,27,30). The van der Waals surface area contributed by atoms with Gasteiger partial charge in [-0.1, -0.05) is 54.2 Å². The topological polar surface area (TPSA) is 110 Å². The van der Waals surface area contributed by atoms with E-state index in [1.54, 1.807) is 18.2 Å². The zero-order valence-corrected chi connectivity index (χ0v) is 20.0. The first kappa shape index (κ1) is 25.4. The quantitative estimate of drug-likeness (QED) is 0.403. The molecule has 34 heavy (non-hydrogen) atoms. The molecule has 0 bridgehead atoms. The minimum absolute atomic E-state index is 0.0214. The number of benzene rings is 2. The number of nitrogens with one attached hydrogen (secondary N) is 1. The van der Waals surface area contributed by atoms with Crippen molar-refractivity contribution in [3.63, 3.8) is 0 Å². The zero-order chi connectivity index (χ0) is 25.0. The highest BCUT2D eigenvalue weighted by molar-refractivity contribution is 6.36. The molecule has 1 heterocycles. The SMILES string of the molecule is CC(C)CC(NC(=O)CCC(=O)c1cc(Cl)ccc1Cl)C(=O)ON1C(=O)c2ccccc2C1=O. The third-order valence-corrected chi connectivity index (χ3v) is 5.64. The lowest BCUT2D eigenvalue weighted by Crippen LogP contribution is -2.46. The smallest absolute Gasteiger partial charge is 0.343 e. The predicted octanol–water partition coefficient (Wildman–Crippen LogP) is 4.24. The van der Waals surface area contributed by atoms with Crippen LogP contribution in [0.2, 0.25) is 10.0 Å². The third kappa shape index (κ3) is 5.81. The molecule has 2 aromatic carbocycles. The summed E-state index contributed by atoms with van der Waals surface area (Å²) in [5.74, 6) is -3.44. The number of halogens is 2. The van der Waals surface area contributed by atoms with E-state index in [1.807, 2.05) is 13.8 Å². The van der Waals surface area contributed by atoms with Gasteiger partial charge in [-0.05, 0) is 42.7 Å². The number of hydrogen-bond acceptors (Lipinski definition) is 6. The van der Waals surface area contributed by atoms with Crippen molar-refractivity contribution < 1.29 is 28.8 Å². The lowest BCUT2D eigenvalue weighted by atomic mass is 10.0. The number of nitrogens with zero attached hydrogens (tertiary/aromatic N) is 1. The number of imide groups is 1. The molecule has 8 nitrogen and oxygen atoms in total. The Balaban J connectivity index is 1.63. The highest BCUT2D eigenvalue weighted by Crippen LogP contribution is 2.24. The summed E-state index contributed by atoms with van der Waals surface area (Å²) >= 11 is 11.9. The molecule has 1 aliphatic rings. The highest BCUT2D eigenvalue weighted by Gasteiger charge is 2.40. The molecule has 1 unspecified atom stereocenters. The van der Waals surface area contributed by atoms with Gasteiger partial charge in [0.2, 0.25) is 5.91 Å². The number of hydrogen-bond donors (Lipinski definition) is 1. The Labute approximate surface area is 206 Å². The molecule has 0 aliphatic carbocycles. The second kappa shape index (κ2) is 10.8. The van der Waals surface area contributed by atoms with Crippen LogP contribution in [0.5, 0.6) is 0 Å². The second-order valence-corrected chi connectivity index (χ2v) is 9.00. The molecule has 2 aromatic rings. The van der Waals surface area contributed by atoms with Crippen LogP contribution in [0.4, 0.5) is 0 Å². The van der Waals surface area contributed by atoms with Gasteiger partial charge in [0, 0.05) is 23.4 Å². The molecule has 0 saturated heterocycles. The van der Waals surface area contributed by atoms with E-state index in [-0.39, 0.29) is 52.7 Å². The first-order valence-corrected chi connectivity index (χ1v) is 11.3.